The van der Waals surface area contributed by atoms with E-state index in [1.165, 1.54) is 76.2 Å². The molecule has 0 aliphatic heterocycles. The molecule has 0 saturated carbocycles. The lowest BCUT2D eigenvalue weighted by Gasteiger charge is -2.34. The average Bonchev–Trinajstić information content (AvgIpc) is 0.824. The van der Waals surface area contributed by atoms with Gasteiger partial charge in [-0.3, -0.25) is 0 Å². The van der Waals surface area contributed by atoms with Gasteiger partial charge in [0.05, 0.1) is 40.4 Å². The fourth-order valence-electron chi connectivity index (χ4n) is 10.0. The summed E-state index contributed by atoms with van der Waals surface area (Å²) in [4.78, 5) is 0. The van der Waals surface area contributed by atoms with E-state index in [1.54, 1.807) is 111 Å². The molecule has 0 radical (unpaired) electrons. The number of alkyl halides is 45. The number of hydrogen-bond donors (Lipinski definition) is 0. The van der Waals surface area contributed by atoms with E-state index in [2.05, 4.69) is 41.5 Å². The largest absolute Gasteiger partial charge is 0.400 e. The van der Waals surface area contributed by atoms with Crippen LogP contribution in [-0.4, -0.2) is 92.6 Å². The standard InChI is InChI=1S/2C8H15F3.C8H18.2C7H10F6.9C7H13F3/c2*1-5(2)6(3)7(4)8(9,10)11;1-7(2,3)8(4,5)6;1-4(2)3-5(6(8,9)10)7(11,12)13;1-2-3-4-5(6(8,9)10)7(11,12)13;1-5(2)6(3,4)7(8,9)10;1-4-6(2,3)5-7(8,9)10;1-4-5-6(2,3)7(8,9)10;2*1-4-5(2)6(3)7(8,9)10;1-3-4-6(2)5-7(8,9)10;1-3-4-5-6(2)7(8,9)10;1-3-6(4-2)5-7(8,9)10;1-2-3-4-5-6-7(8,9)10/h2*5-7H,1-4H3;1-6H3;4-5H,3H2,1-2H3;5H,2-4H2,1H3;5H,1-4H3;2*4-5H2,1-3H3;2*5-6H,4H2,1-3H3;3*6H,3-5H2,1-2H3;2-6H2,1H3/t2*6-,7?;;;;;;;5?,6-;5-,6?;2*6-;;/m11......1000../s1. The molecule has 0 saturated heterocycles. The third-order valence-electron chi connectivity index (χ3n) is 25.5. The molecule has 10 atom stereocenters. The van der Waals surface area contributed by atoms with Gasteiger partial charge in [0.1, 0.15) is 0 Å². The number of unbranched alkanes of at least 4 members (excludes halogenated alkanes) is 5. The van der Waals surface area contributed by atoms with Gasteiger partial charge >= 0.3 is 92.6 Å². The van der Waals surface area contributed by atoms with Crippen molar-refractivity contribution in [3.8, 4) is 0 Å². The van der Waals surface area contributed by atoms with E-state index in [4.69, 9.17) is 0 Å². The van der Waals surface area contributed by atoms with Crippen LogP contribution < -0.4 is 0 Å². The van der Waals surface area contributed by atoms with Gasteiger partial charge in [0.15, 0.2) is 11.8 Å². The molecule has 0 spiro atoms. The van der Waals surface area contributed by atoms with Gasteiger partial charge < -0.3 is 0 Å². The second-order valence-electron chi connectivity index (χ2n) is 42.9. The summed E-state index contributed by atoms with van der Waals surface area (Å²) in [5.41, 5.74) is -2.80. The van der Waals surface area contributed by atoms with E-state index in [0.717, 1.165) is 25.7 Å². The molecule has 0 amide bonds. The average molecular weight is 2250 g/mol. The van der Waals surface area contributed by atoms with Gasteiger partial charge in [-0.15, -0.1) is 0 Å². The normalized spacial score (nSPS) is 15.3. The highest BCUT2D eigenvalue weighted by Gasteiger charge is 2.58. The molecule has 0 aliphatic rings. The second-order valence-corrected chi connectivity index (χ2v) is 42.9. The van der Waals surface area contributed by atoms with Crippen molar-refractivity contribution < 1.29 is 198 Å². The molecule has 904 valence electrons. The first-order valence-electron chi connectivity index (χ1n) is 49.6. The Morgan fingerprint density at radius 1 is 0.240 bits per heavy atom. The SMILES string of the molecule is CC(C)(C)C(C)(C)C.CC(C)C(C)(C)C(F)(F)F.CC(C)CC(C(F)(F)F)C(F)(F)F.CC(C)[C@@H](C)C(C)C(F)(F)F.CC(C)[C@@H](C)C(C)C(F)(F)F.CCC(C)(C)CC(F)(F)F.CCC(C)[C@@H](C)C(F)(F)F.CCC(CC)CC(F)(F)F.CCCC(C)(C)C(F)(F)F.CCCCC(C(F)(F)F)C(F)(F)F.CCCCCCC(F)(F)F.CCCC[C@H](C)C(F)(F)F.CCC[C@H](C)CC(F)(F)F.CC[C@H](C)C(C)C(F)(F)F. The molecule has 4 unspecified atom stereocenters. The molecule has 0 aliphatic carbocycles. The van der Waals surface area contributed by atoms with Gasteiger partial charge in [0, 0.05) is 25.7 Å². The summed E-state index contributed by atoms with van der Waals surface area (Å²) in [7, 11) is 0. The zero-order valence-corrected chi connectivity index (χ0v) is 93.8. The summed E-state index contributed by atoms with van der Waals surface area (Å²) in [6.45, 7) is 67.1. The zero-order chi connectivity index (χ0) is 122. The van der Waals surface area contributed by atoms with Crippen LogP contribution in [0.3, 0.4) is 0 Å². The van der Waals surface area contributed by atoms with Crippen LogP contribution >= 0.6 is 0 Å². The number of halogens is 45. The van der Waals surface area contributed by atoms with Crippen molar-refractivity contribution in [1.82, 2.24) is 0 Å². The lowest BCUT2D eigenvalue weighted by Crippen LogP contribution is -2.37. The highest BCUT2D eigenvalue weighted by Crippen LogP contribution is 2.48. The minimum absolute atomic E-state index is 0.0658. The monoisotopic (exact) mass is 2250 g/mol. The highest BCUT2D eigenvalue weighted by molar-refractivity contribution is 4.83. The van der Waals surface area contributed by atoms with Crippen LogP contribution in [0.1, 0.15) is 431 Å². The minimum atomic E-state index is -5.19. The zero-order valence-electron chi connectivity index (χ0n) is 93.8. The van der Waals surface area contributed by atoms with Crippen LogP contribution in [-0.2, 0) is 0 Å². The van der Waals surface area contributed by atoms with E-state index in [1.807, 2.05) is 48.5 Å². The van der Waals surface area contributed by atoms with Gasteiger partial charge in [-0.25, -0.2) is 0 Å². The van der Waals surface area contributed by atoms with E-state index < -0.39 is 195 Å². The lowest BCUT2D eigenvalue weighted by atomic mass is 9.71. The molecule has 0 N–H and O–H groups in total. The van der Waals surface area contributed by atoms with Crippen LogP contribution in [0.15, 0.2) is 0 Å². The lowest BCUT2D eigenvalue weighted by molar-refractivity contribution is -0.288. The number of rotatable bonds is 31. The van der Waals surface area contributed by atoms with Gasteiger partial charge in [0.25, 0.3) is 0 Å². The first kappa shape index (κ1) is 173. The van der Waals surface area contributed by atoms with Crippen LogP contribution in [0.5, 0.6) is 0 Å². The molecule has 0 aromatic carbocycles. The van der Waals surface area contributed by atoms with Gasteiger partial charge in [0.2, 0.25) is 0 Å². The molecule has 0 aromatic heterocycles. The van der Waals surface area contributed by atoms with Crippen molar-refractivity contribution in [3.63, 3.8) is 0 Å². The topological polar surface area (TPSA) is 0 Å². The fourth-order valence-corrected chi connectivity index (χ4v) is 10.0. The van der Waals surface area contributed by atoms with Crippen molar-refractivity contribution in [2.24, 2.45) is 128 Å². The van der Waals surface area contributed by atoms with Gasteiger partial charge in [-0.2, -0.15) is 198 Å². The first-order chi connectivity index (χ1) is 63.6. The third kappa shape index (κ3) is 106. The summed E-state index contributed by atoms with van der Waals surface area (Å²) in [6, 6.07) is 0. The molecule has 0 rings (SSSR count). The smallest absolute Gasteiger partial charge is 0.171 e. The molecular formula is C101H185F45. The van der Waals surface area contributed by atoms with Gasteiger partial charge in [-0.1, -0.05) is 373 Å². The minimum Gasteiger partial charge on any atom is -0.171 e. The van der Waals surface area contributed by atoms with Crippen LogP contribution in [0.25, 0.3) is 0 Å². The molecule has 146 heavy (non-hydrogen) atoms. The van der Waals surface area contributed by atoms with Crippen molar-refractivity contribution in [2.75, 3.05) is 0 Å². The molecule has 0 heterocycles. The summed E-state index contributed by atoms with van der Waals surface area (Å²) >= 11 is 0. The fraction of sp³-hybridized carbons (Fsp3) is 1.00. The van der Waals surface area contributed by atoms with Crippen LogP contribution in [0, 0.1) is 128 Å². The molecule has 45 heteroatoms. The molecule has 0 aromatic rings. The predicted octanol–water partition coefficient (Wildman–Crippen LogP) is 47.8. The van der Waals surface area contributed by atoms with Gasteiger partial charge in [-0.05, 0) is 108 Å². The Kier molecular flexibility index (Phi) is 90.7. The summed E-state index contributed by atoms with van der Waals surface area (Å²) in [5, 5.41) is 0. The van der Waals surface area contributed by atoms with Crippen molar-refractivity contribution in [1.29, 1.82) is 0 Å². The highest BCUT2D eigenvalue weighted by atomic mass is 19.5. The number of hydrogen-bond acceptors (Lipinski definition) is 0. The maximum Gasteiger partial charge on any atom is 0.400 e. The maximum atomic E-state index is 12.1. The molecule has 0 fully saturated rings. The Labute approximate surface area is 846 Å². The third-order valence-corrected chi connectivity index (χ3v) is 25.5. The van der Waals surface area contributed by atoms with E-state index in [0.29, 0.717) is 75.0 Å². The molecule has 0 nitrogen and oxygen atoms in total. The van der Waals surface area contributed by atoms with Crippen LogP contribution in [0.4, 0.5) is 198 Å². The quantitative estimate of drug-likeness (QED) is 0.0479. The Morgan fingerprint density at radius 2 is 0.534 bits per heavy atom. The Morgan fingerprint density at radius 3 is 0.664 bits per heavy atom. The summed E-state index contributed by atoms with van der Waals surface area (Å²) in [5.74, 6) is -14.6. The Balaban J connectivity index is -0.000000107. The Bertz CT molecular complexity index is 2810. The molecular weight excluding hydrogens is 2070 g/mol. The first-order valence-corrected chi connectivity index (χ1v) is 49.6. The van der Waals surface area contributed by atoms with E-state index in [-0.39, 0.29) is 78.9 Å². The molecule has 0 bridgehead atoms. The van der Waals surface area contributed by atoms with E-state index >= 15 is 0 Å². The second kappa shape index (κ2) is 76.5. The Hall–Kier alpha value is -3.15. The van der Waals surface area contributed by atoms with Crippen molar-refractivity contribution in [2.45, 2.75) is 524 Å². The van der Waals surface area contributed by atoms with Crippen LogP contribution in [0.2, 0.25) is 0 Å². The summed E-state index contributed by atoms with van der Waals surface area (Å²) in [6.07, 6.45) is -59.1. The van der Waals surface area contributed by atoms with Crippen molar-refractivity contribution >= 4 is 0 Å². The van der Waals surface area contributed by atoms with E-state index in [9.17, 15) is 198 Å². The van der Waals surface area contributed by atoms with Crippen molar-refractivity contribution in [3.05, 3.63) is 0 Å². The summed E-state index contributed by atoms with van der Waals surface area (Å²) < 4.78 is 533. The predicted molar refractivity (Wildman–Crippen MR) is 500 cm³/mol. The maximum absolute atomic E-state index is 12.1.